The van der Waals surface area contributed by atoms with Crippen molar-refractivity contribution in [1.29, 1.82) is 0 Å². The molecule has 1 aliphatic rings. The second kappa shape index (κ2) is 8.39. The quantitative estimate of drug-likeness (QED) is 0.510. The summed E-state index contributed by atoms with van der Waals surface area (Å²) in [7, 11) is 1.85. The van der Waals surface area contributed by atoms with E-state index in [4.69, 9.17) is 4.42 Å². The first-order valence-corrected chi connectivity index (χ1v) is 6.38. The van der Waals surface area contributed by atoms with Gasteiger partial charge in [0, 0.05) is 33.1 Å². The standard InChI is InChI=1S/C13H21N3O.HI/c1-14-13(16-9-3-2-4-10-16)15-8-7-12-6-5-11-17-12;/h5-6,11H,2-4,7-10H2,1H3,(H,14,15);1H. The summed E-state index contributed by atoms with van der Waals surface area (Å²) >= 11 is 0. The van der Waals surface area contributed by atoms with Crippen LogP contribution >= 0.6 is 24.0 Å². The van der Waals surface area contributed by atoms with Crippen LogP contribution in [0.4, 0.5) is 0 Å². The van der Waals surface area contributed by atoms with Gasteiger partial charge in [-0.3, -0.25) is 4.99 Å². The number of likely N-dealkylation sites (tertiary alicyclic amines) is 1. The Bertz CT molecular complexity index is 345. The second-order valence-corrected chi connectivity index (χ2v) is 4.35. The van der Waals surface area contributed by atoms with Crippen LogP contribution in [0.1, 0.15) is 25.0 Å². The average Bonchev–Trinajstić information content (AvgIpc) is 2.89. The third kappa shape index (κ3) is 4.51. The van der Waals surface area contributed by atoms with Crippen molar-refractivity contribution in [3.8, 4) is 0 Å². The maximum Gasteiger partial charge on any atom is 0.193 e. The average molecular weight is 363 g/mol. The lowest BCUT2D eigenvalue weighted by atomic mass is 10.1. The Morgan fingerprint density at radius 3 is 2.78 bits per heavy atom. The van der Waals surface area contributed by atoms with Crippen LogP contribution in [-0.2, 0) is 6.42 Å². The molecule has 18 heavy (non-hydrogen) atoms. The van der Waals surface area contributed by atoms with Crippen molar-refractivity contribution in [2.24, 2.45) is 4.99 Å². The predicted octanol–water partition coefficient (Wildman–Crippen LogP) is 2.50. The van der Waals surface area contributed by atoms with Gasteiger partial charge >= 0.3 is 0 Å². The molecule has 2 heterocycles. The summed E-state index contributed by atoms with van der Waals surface area (Å²) in [6.45, 7) is 3.12. The molecule has 0 aliphatic carbocycles. The Hall–Kier alpha value is -0.720. The van der Waals surface area contributed by atoms with Crippen molar-refractivity contribution in [3.63, 3.8) is 0 Å². The van der Waals surface area contributed by atoms with Gasteiger partial charge in [0.1, 0.15) is 5.76 Å². The zero-order chi connectivity index (χ0) is 11.9. The third-order valence-corrected chi connectivity index (χ3v) is 3.10. The summed E-state index contributed by atoms with van der Waals surface area (Å²) in [5.74, 6) is 2.04. The smallest absolute Gasteiger partial charge is 0.193 e. The van der Waals surface area contributed by atoms with Crippen LogP contribution in [0, 0.1) is 0 Å². The van der Waals surface area contributed by atoms with Crippen molar-refractivity contribution in [1.82, 2.24) is 10.2 Å². The van der Waals surface area contributed by atoms with Crippen LogP contribution in [0.5, 0.6) is 0 Å². The lowest BCUT2D eigenvalue weighted by Gasteiger charge is -2.29. The van der Waals surface area contributed by atoms with E-state index in [2.05, 4.69) is 15.2 Å². The Labute approximate surface area is 126 Å². The van der Waals surface area contributed by atoms with Crippen molar-refractivity contribution < 1.29 is 4.42 Å². The van der Waals surface area contributed by atoms with E-state index in [1.165, 1.54) is 19.3 Å². The number of hydrogen-bond acceptors (Lipinski definition) is 2. The molecule has 2 rings (SSSR count). The highest BCUT2D eigenvalue weighted by atomic mass is 127. The molecule has 0 atom stereocenters. The highest BCUT2D eigenvalue weighted by molar-refractivity contribution is 14.0. The molecular formula is C13H22IN3O. The maximum atomic E-state index is 5.30. The normalized spacial score (nSPS) is 16.3. The van der Waals surface area contributed by atoms with Gasteiger partial charge in [0.2, 0.25) is 0 Å². The van der Waals surface area contributed by atoms with Crippen molar-refractivity contribution in [2.45, 2.75) is 25.7 Å². The summed E-state index contributed by atoms with van der Waals surface area (Å²) in [5.41, 5.74) is 0. The van der Waals surface area contributed by atoms with Crippen molar-refractivity contribution in [3.05, 3.63) is 24.2 Å². The number of rotatable bonds is 3. The first-order valence-electron chi connectivity index (χ1n) is 6.38. The minimum Gasteiger partial charge on any atom is -0.469 e. The van der Waals surface area contributed by atoms with Crippen LogP contribution in [-0.4, -0.2) is 37.5 Å². The molecule has 1 N–H and O–H groups in total. The summed E-state index contributed by atoms with van der Waals surface area (Å²) in [5, 5.41) is 3.39. The SMILES string of the molecule is CN=C(NCCc1ccco1)N1CCCCC1.I. The first kappa shape index (κ1) is 15.3. The van der Waals surface area contributed by atoms with Gasteiger partial charge in [-0.2, -0.15) is 0 Å². The monoisotopic (exact) mass is 363 g/mol. The number of piperidine rings is 1. The number of halogens is 1. The van der Waals surface area contributed by atoms with Gasteiger partial charge in [-0.25, -0.2) is 0 Å². The van der Waals surface area contributed by atoms with Gasteiger partial charge in [0.15, 0.2) is 5.96 Å². The second-order valence-electron chi connectivity index (χ2n) is 4.35. The molecule has 0 bridgehead atoms. The lowest BCUT2D eigenvalue weighted by molar-refractivity contribution is 0.331. The molecule has 0 spiro atoms. The van der Waals surface area contributed by atoms with E-state index in [9.17, 15) is 0 Å². The number of nitrogens with zero attached hydrogens (tertiary/aromatic N) is 2. The molecule has 5 heteroatoms. The van der Waals surface area contributed by atoms with E-state index in [1.807, 2.05) is 19.2 Å². The van der Waals surface area contributed by atoms with Crippen LogP contribution in [0.3, 0.4) is 0 Å². The maximum absolute atomic E-state index is 5.30. The molecular weight excluding hydrogens is 341 g/mol. The van der Waals surface area contributed by atoms with Gasteiger partial charge in [-0.15, -0.1) is 24.0 Å². The number of guanidine groups is 1. The highest BCUT2D eigenvalue weighted by Crippen LogP contribution is 2.08. The van der Waals surface area contributed by atoms with Gasteiger partial charge in [-0.05, 0) is 31.4 Å². The van der Waals surface area contributed by atoms with Crippen molar-refractivity contribution >= 4 is 29.9 Å². The topological polar surface area (TPSA) is 40.8 Å². The van der Waals surface area contributed by atoms with Crippen LogP contribution in [0.25, 0.3) is 0 Å². The molecule has 1 fully saturated rings. The Balaban J connectivity index is 0.00000162. The number of hydrogen-bond donors (Lipinski definition) is 1. The number of nitrogens with one attached hydrogen (secondary N) is 1. The van der Waals surface area contributed by atoms with E-state index in [0.29, 0.717) is 0 Å². The molecule has 4 nitrogen and oxygen atoms in total. The molecule has 0 radical (unpaired) electrons. The van der Waals surface area contributed by atoms with Crippen LogP contribution in [0.15, 0.2) is 27.8 Å². The molecule has 0 saturated carbocycles. The van der Waals surface area contributed by atoms with E-state index in [1.54, 1.807) is 6.26 Å². The third-order valence-electron chi connectivity index (χ3n) is 3.10. The predicted molar refractivity (Wildman–Crippen MR) is 84.6 cm³/mol. The molecule has 102 valence electrons. The first-order chi connectivity index (χ1) is 8.40. The molecule has 1 aromatic heterocycles. The van der Waals surface area contributed by atoms with E-state index < -0.39 is 0 Å². The molecule has 0 unspecified atom stereocenters. The van der Waals surface area contributed by atoms with E-state index in [0.717, 1.165) is 37.8 Å². The van der Waals surface area contributed by atoms with E-state index >= 15 is 0 Å². The summed E-state index contributed by atoms with van der Waals surface area (Å²) < 4.78 is 5.30. The highest BCUT2D eigenvalue weighted by Gasteiger charge is 2.13. The zero-order valence-corrected chi connectivity index (χ0v) is 13.2. The molecule has 0 amide bonds. The van der Waals surface area contributed by atoms with Gasteiger partial charge in [0.05, 0.1) is 6.26 Å². The number of furan rings is 1. The molecule has 1 aliphatic heterocycles. The Morgan fingerprint density at radius 2 is 2.17 bits per heavy atom. The van der Waals surface area contributed by atoms with Crippen LogP contribution in [0.2, 0.25) is 0 Å². The fourth-order valence-corrected chi connectivity index (χ4v) is 2.19. The van der Waals surface area contributed by atoms with Gasteiger partial charge in [-0.1, -0.05) is 0 Å². The van der Waals surface area contributed by atoms with Gasteiger partial charge in [0.25, 0.3) is 0 Å². The zero-order valence-electron chi connectivity index (χ0n) is 10.9. The minimum absolute atomic E-state index is 0. The summed E-state index contributed by atoms with van der Waals surface area (Å²) in [6.07, 6.45) is 6.52. The van der Waals surface area contributed by atoms with E-state index in [-0.39, 0.29) is 24.0 Å². The van der Waals surface area contributed by atoms with Gasteiger partial charge < -0.3 is 14.6 Å². The number of aliphatic imine (C=N–C) groups is 1. The molecule has 1 saturated heterocycles. The van der Waals surface area contributed by atoms with Crippen molar-refractivity contribution in [2.75, 3.05) is 26.7 Å². The Morgan fingerprint density at radius 1 is 1.39 bits per heavy atom. The summed E-state index contributed by atoms with van der Waals surface area (Å²) in [4.78, 5) is 6.67. The summed E-state index contributed by atoms with van der Waals surface area (Å²) in [6, 6.07) is 3.93. The minimum atomic E-state index is 0. The van der Waals surface area contributed by atoms with Crippen LogP contribution < -0.4 is 5.32 Å². The molecule has 0 aromatic carbocycles. The fourth-order valence-electron chi connectivity index (χ4n) is 2.19. The Kier molecular flexibility index (Phi) is 7.15. The lowest BCUT2D eigenvalue weighted by Crippen LogP contribution is -2.44. The fraction of sp³-hybridized carbons (Fsp3) is 0.615. The molecule has 1 aromatic rings. The largest absolute Gasteiger partial charge is 0.469 e.